The van der Waals surface area contributed by atoms with Gasteiger partial charge in [0.25, 0.3) is 0 Å². The number of hydrogen-bond acceptors (Lipinski definition) is 3. The van der Waals surface area contributed by atoms with E-state index in [-0.39, 0.29) is 30.0 Å². The summed E-state index contributed by atoms with van der Waals surface area (Å²) in [6.07, 6.45) is 1.61. The summed E-state index contributed by atoms with van der Waals surface area (Å²) in [5, 5.41) is 3.12. The van der Waals surface area contributed by atoms with E-state index in [0.717, 1.165) is 0 Å². The minimum absolute atomic E-state index is 0.0609. The lowest BCUT2D eigenvalue weighted by Gasteiger charge is -2.18. The molecule has 4 nitrogen and oxygen atoms in total. The number of nitrogens with one attached hydrogen (secondary N) is 1. The Morgan fingerprint density at radius 3 is 2.67 bits per heavy atom. The van der Waals surface area contributed by atoms with Gasteiger partial charge in [-0.2, -0.15) is 0 Å². The number of rotatable bonds is 2. The van der Waals surface area contributed by atoms with E-state index in [2.05, 4.69) is 10.3 Å². The highest BCUT2D eigenvalue weighted by Crippen LogP contribution is 2.33. The molecule has 2 heterocycles. The van der Waals surface area contributed by atoms with Crippen molar-refractivity contribution >= 4 is 23.2 Å². The third kappa shape index (κ3) is 2.49. The largest absolute Gasteiger partial charge is 0.374 e. The highest BCUT2D eigenvalue weighted by Gasteiger charge is 2.41. The molecule has 1 saturated heterocycles. The van der Waals surface area contributed by atoms with Gasteiger partial charge in [0.1, 0.15) is 0 Å². The summed E-state index contributed by atoms with van der Waals surface area (Å²) in [5.41, 5.74) is 0.545. The molecule has 1 amide bonds. The fraction of sp³-hybridized carbons (Fsp3) is 0.538. The van der Waals surface area contributed by atoms with Crippen molar-refractivity contribution in [1.82, 2.24) is 4.98 Å². The van der Waals surface area contributed by atoms with Gasteiger partial charge in [-0.15, -0.1) is 0 Å². The van der Waals surface area contributed by atoms with Crippen LogP contribution in [0, 0.1) is 11.8 Å². The SMILES string of the molecule is CC1OC(C)C(C(=O)Nc2cccnc2Cl)C1C. The quantitative estimate of drug-likeness (QED) is 0.839. The molecule has 1 aromatic heterocycles. The highest BCUT2D eigenvalue weighted by molar-refractivity contribution is 6.32. The Morgan fingerprint density at radius 2 is 2.11 bits per heavy atom. The van der Waals surface area contributed by atoms with Crippen LogP contribution in [0.15, 0.2) is 18.3 Å². The van der Waals surface area contributed by atoms with Crippen molar-refractivity contribution in [3.05, 3.63) is 23.5 Å². The minimum Gasteiger partial charge on any atom is -0.374 e. The Bertz CT molecular complexity index is 452. The maximum absolute atomic E-state index is 12.3. The molecule has 0 spiro atoms. The lowest BCUT2D eigenvalue weighted by molar-refractivity contribution is -0.121. The van der Waals surface area contributed by atoms with Crippen LogP contribution in [-0.4, -0.2) is 23.1 Å². The first-order valence-electron chi connectivity index (χ1n) is 6.07. The number of nitrogens with zero attached hydrogens (tertiary/aromatic N) is 1. The van der Waals surface area contributed by atoms with Crippen molar-refractivity contribution in [2.24, 2.45) is 11.8 Å². The van der Waals surface area contributed by atoms with Crippen molar-refractivity contribution in [3.8, 4) is 0 Å². The van der Waals surface area contributed by atoms with Gasteiger partial charge >= 0.3 is 0 Å². The van der Waals surface area contributed by atoms with Crippen LogP contribution in [-0.2, 0) is 9.53 Å². The number of carbonyl (C=O) groups excluding carboxylic acids is 1. The van der Waals surface area contributed by atoms with Gasteiger partial charge in [-0.25, -0.2) is 4.98 Å². The molecule has 0 bridgehead atoms. The number of pyridine rings is 1. The maximum Gasteiger partial charge on any atom is 0.230 e. The smallest absolute Gasteiger partial charge is 0.230 e. The van der Waals surface area contributed by atoms with E-state index in [1.54, 1.807) is 18.3 Å². The number of halogens is 1. The second-order valence-corrected chi connectivity index (χ2v) is 5.12. The van der Waals surface area contributed by atoms with Crippen LogP contribution >= 0.6 is 11.6 Å². The molecule has 4 unspecified atom stereocenters. The van der Waals surface area contributed by atoms with E-state index in [9.17, 15) is 4.79 Å². The second kappa shape index (κ2) is 5.24. The standard InChI is InChI=1S/C13H17ClN2O2/c1-7-8(2)18-9(3)11(7)13(17)16-10-5-4-6-15-12(10)14/h4-9,11H,1-3H3,(H,16,17). The number of amides is 1. The van der Waals surface area contributed by atoms with E-state index in [0.29, 0.717) is 10.8 Å². The molecular formula is C13H17ClN2O2. The molecule has 0 radical (unpaired) electrons. The zero-order chi connectivity index (χ0) is 13.3. The van der Waals surface area contributed by atoms with Gasteiger partial charge in [0.05, 0.1) is 23.8 Å². The predicted octanol–water partition coefficient (Wildman–Crippen LogP) is 2.73. The molecule has 1 fully saturated rings. The van der Waals surface area contributed by atoms with Crippen molar-refractivity contribution < 1.29 is 9.53 Å². The Hall–Kier alpha value is -1.13. The van der Waals surface area contributed by atoms with Crippen LogP contribution in [0.5, 0.6) is 0 Å². The summed E-state index contributed by atoms with van der Waals surface area (Å²) < 4.78 is 5.67. The maximum atomic E-state index is 12.3. The predicted molar refractivity (Wildman–Crippen MR) is 70.5 cm³/mol. The Balaban J connectivity index is 2.11. The van der Waals surface area contributed by atoms with Crippen molar-refractivity contribution in [3.63, 3.8) is 0 Å². The first-order valence-corrected chi connectivity index (χ1v) is 6.45. The second-order valence-electron chi connectivity index (χ2n) is 4.76. The Labute approximate surface area is 112 Å². The van der Waals surface area contributed by atoms with Gasteiger partial charge < -0.3 is 10.1 Å². The van der Waals surface area contributed by atoms with Crippen molar-refractivity contribution in [2.45, 2.75) is 33.0 Å². The van der Waals surface area contributed by atoms with Crippen LogP contribution in [0.1, 0.15) is 20.8 Å². The third-order valence-corrected chi connectivity index (χ3v) is 3.86. The molecule has 18 heavy (non-hydrogen) atoms. The highest BCUT2D eigenvalue weighted by atomic mass is 35.5. The molecule has 1 aromatic rings. The number of hydrogen-bond donors (Lipinski definition) is 1. The molecule has 1 aliphatic heterocycles. The molecule has 2 rings (SSSR count). The first kappa shape index (κ1) is 13.3. The molecule has 1 N–H and O–H groups in total. The normalized spacial score (nSPS) is 31.3. The summed E-state index contributed by atoms with van der Waals surface area (Å²) in [4.78, 5) is 16.2. The zero-order valence-electron chi connectivity index (χ0n) is 10.7. The van der Waals surface area contributed by atoms with Gasteiger partial charge in [-0.1, -0.05) is 18.5 Å². The average Bonchev–Trinajstić information content (AvgIpc) is 2.56. The molecule has 98 valence electrons. The molecular weight excluding hydrogens is 252 g/mol. The Morgan fingerprint density at radius 1 is 1.39 bits per heavy atom. The monoisotopic (exact) mass is 268 g/mol. The summed E-state index contributed by atoms with van der Waals surface area (Å²) in [7, 11) is 0. The van der Waals surface area contributed by atoms with E-state index in [1.165, 1.54) is 0 Å². The van der Waals surface area contributed by atoms with Gasteiger partial charge in [-0.3, -0.25) is 4.79 Å². The topological polar surface area (TPSA) is 51.2 Å². The lowest BCUT2D eigenvalue weighted by atomic mass is 9.89. The van der Waals surface area contributed by atoms with E-state index in [1.807, 2.05) is 20.8 Å². The Kier molecular flexibility index (Phi) is 3.88. The van der Waals surface area contributed by atoms with Crippen LogP contribution in [0.4, 0.5) is 5.69 Å². The van der Waals surface area contributed by atoms with Gasteiger partial charge in [0.15, 0.2) is 5.15 Å². The van der Waals surface area contributed by atoms with Gasteiger partial charge in [-0.05, 0) is 31.9 Å². The fourth-order valence-corrected chi connectivity index (χ4v) is 2.58. The van der Waals surface area contributed by atoms with E-state index in [4.69, 9.17) is 16.3 Å². The average molecular weight is 269 g/mol. The fourth-order valence-electron chi connectivity index (χ4n) is 2.41. The first-order chi connectivity index (χ1) is 8.50. The molecule has 0 aromatic carbocycles. The summed E-state index contributed by atoms with van der Waals surface area (Å²) in [6.45, 7) is 5.95. The van der Waals surface area contributed by atoms with Crippen LogP contribution in [0.25, 0.3) is 0 Å². The summed E-state index contributed by atoms with van der Waals surface area (Å²) >= 11 is 5.92. The number of anilines is 1. The van der Waals surface area contributed by atoms with E-state index >= 15 is 0 Å². The molecule has 0 aliphatic carbocycles. The van der Waals surface area contributed by atoms with Gasteiger partial charge in [0.2, 0.25) is 5.91 Å². The summed E-state index contributed by atoms with van der Waals surface area (Å²) in [6, 6.07) is 3.48. The molecule has 1 aliphatic rings. The number of ether oxygens (including phenoxy) is 1. The minimum atomic E-state index is -0.156. The zero-order valence-corrected chi connectivity index (χ0v) is 11.4. The van der Waals surface area contributed by atoms with Crippen molar-refractivity contribution in [2.75, 3.05) is 5.32 Å². The van der Waals surface area contributed by atoms with E-state index < -0.39 is 0 Å². The third-order valence-electron chi connectivity index (χ3n) is 3.56. The number of carbonyl (C=O) groups is 1. The summed E-state index contributed by atoms with van der Waals surface area (Å²) in [5.74, 6) is -0.0269. The lowest BCUT2D eigenvalue weighted by Crippen LogP contribution is -2.32. The molecule has 5 heteroatoms. The van der Waals surface area contributed by atoms with Crippen molar-refractivity contribution in [1.29, 1.82) is 0 Å². The van der Waals surface area contributed by atoms with Gasteiger partial charge in [0, 0.05) is 6.20 Å². The van der Waals surface area contributed by atoms with Crippen LogP contribution in [0.2, 0.25) is 5.15 Å². The van der Waals surface area contributed by atoms with Crippen LogP contribution in [0.3, 0.4) is 0 Å². The molecule has 4 atom stereocenters. The number of aromatic nitrogens is 1. The van der Waals surface area contributed by atoms with Crippen LogP contribution < -0.4 is 5.32 Å². The molecule has 0 saturated carbocycles.